The average molecular weight is 227 g/mol. The summed E-state index contributed by atoms with van der Waals surface area (Å²) in [6, 6.07) is 0. The summed E-state index contributed by atoms with van der Waals surface area (Å²) in [5, 5.41) is 53.1. The van der Waals surface area contributed by atoms with Gasteiger partial charge in [0.1, 0.15) is 31.0 Å². The Kier molecular flexibility index (Phi) is 6.05. The molecular weight excluding hydrogens is 214 g/mol. The van der Waals surface area contributed by atoms with E-state index in [9.17, 15) is 10.1 Å². The van der Waals surface area contributed by atoms with Gasteiger partial charge in [-0.1, -0.05) is 0 Å². The number of aliphatic hydroxyl groups is 5. The third-order valence-corrected chi connectivity index (χ3v) is 1.68. The van der Waals surface area contributed by atoms with E-state index < -0.39 is 42.7 Å². The minimum atomic E-state index is -1.85. The predicted molar refractivity (Wildman–Crippen MR) is 44.1 cm³/mol. The van der Waals surface area contributed by atoms with E-state index in [0.717, 1.165) is 0 Å². The Labute approximate surface area is 84.3 Å². The zero-order chi connectivity index (χ0) is 12.0. The molecule has 0 fully saturated rings. The smallest absolute Gasteiger partial charge is 0.294 e. The fraction of sp³-hybridized carbons (Fsp3) is 1.00. The Hall–Kier alpha value is -1.00. The van der Waals surface area contributed by atoms with Crippen LogP contribution in [0.15, 0.2) is 0 Å². The van der Waals surface area contributed by atoms with Crippen molar-refractivity contribution < 1.29 is 35.5 Å². The van der Waals surface area contributed by atoms with E-state index in [0.29, 0.717) is 0 Å². The summed E-state index contributed by atoms with van der Waals surface area (Å²) in [6.07, 6.45) is -7.07. The van der Waals surface area contributed by atoms with Gasteiger partial charge in [0.2, 0.25) is 0 Å². The summed E-state index contributed by atoms with van der Waals surface area (Å²) in [5.74, 6) is 0. The Morgan fingerprint density at radius 3 is 2.00 bits per heavy atom. The number of hydrogen-bond donors (Lipinski definition) is 5. The van der Waals surface area contributed by atoms with Gasteiger partial charge in [-0.3, -0.25) is 0 Å². The first-order chi connectivity index (χ1) is 6.90. The third kappa shape index (κ3) is 4.85. The van der Waals surface area contributed by atoms with Gasteiger partial charge in [-0.15, -0.1) is 10.1 Å². The summed E-state index contributed by atoms with van der Waals surface area (Å²) in [7, 11) is 0. The Morgan fingerprint density at radius 2 is 1.60 bits per heavy atom. The van der Waals surface area contributed by atoms with Gasteiger partial charge in [0.25, 0.3) is 5.09 Å². The molecule has 0 saturated carbocycles. The molecular formula is C6H13NO8. The van der Waals surface area contributed by atoms with Crippen molar-refractivity contribution in [2.75, 3.05) is 13.2 Å². The fourth-order valence-corrected chi connectivity index (χ4v) is 0.799. The molecule has 0 spiro atoms. The second kappa shape index (κ2) is 6.48. The highest BCUT2D eigenvalue weighted by Crippen LogP contribution is 2.05. The van der Waals surface area contributed by atoms with E-state index in [1.807, 2.05) is 0 Å². The van der Waals surface area contributed by atoms with Crippen molar-refractivity contribution >= 4 is 0 Å². The molecule has 0 aliphatic rings. The molecule has 0 rings (SSSR count). The van der Waals surface area contributed by atoms with Gasteiger partial charge >= 0.3 is 0 Å². The number of rotatable bonds is 7. The van der Waals surface area contributed by atoms with E-state index in [1.54, 1.807) is 0 Å². The third-order valence-electron chi connectivity index (χ3n) is 1.68. The van der Waals surface area contributed by atoms with Gasteiger partial charge in [-0.25, -0.2) is 0 Å². The van der Waals surface area contributed by atoms with E-state index in [2.05, 4.69) is 4.84 Å². The maximum Gasteiger partial charge on any atom is 0.294 e. The minimum absolute atomic E-state index is 0.818. The maximum absolute atomic E-state index is 9.72. The lowest BCUT2D eigenvalue weighted by Crippen LogP contribution is -2.47. The first-order valence-electron chi connectivity index (χ1n) is 4.00. The van der Waals surface area contributed by atoms with Gasteiger partial charge in [0.15, 0.2) is 0 Å². The number of nitrogens with zero attached hydrogens (tertiary/aromatic N) is 1. The molecule has 0 aromatic heterocycles. The summed E-state index contributed by atoms with van der Waals surface area (Å²) in [4.78, 5) is 13.5. The molecule has 15 heavy (non-hydrogen) atoms. The van der Waals surface area contributed by atoms with Gasteiger partial charge in [-0.2, -0.15) is 0 Å². The molecule has 0 saturated heterocycles. The van der Waals surface area contributed by atoms with Crippen molar-refractivity contribution in [1.82, 2.24) is 0 Å². The van der Waals surface area contributed by atoms with Crippen molar-refractivity contribution in [2.45, 2.75) is 24.4 Å². The highest BCUT2D eigenvalue weighted by molar-refractivity contribution is 4.80. The zero-order valence-electron chi connectivity index (χ0n) is 7.63. The van der Waals surface area contributed by atoms with E-state index in [4.69, 9.17) is 25.5 Å². The van der Waals surface area contributed by atoms with Crippen molar-refractivity contribution in [3.05, 3.63) is 10.1 Å². The standard InChI is InChI=1S/C6H13NO8/c8-1-3(9)5(11)6(12)4(10)2-15-7(13)14/h3-6,8-12H,1-2H2. The van der Waals surface area contributed by atoms with Crippen LogP contribution in [0.2, 0.25) is 0 Å². The zero-order valence-corrected chi connectivity index (χ0v) is 7.63. The molecule has 0 aromatic carbocycles. The van der Waals surface area contributed by atoms with Gasteiger partial charge in [0.05, 0.1) is 6.61 Å². The Bertz CT molecular complexity index is 200. The lowest BCUT2D eigenvalue weighted by Gasteiger charge is -2.24. The molecule has 0 amide bonds. The molecule has 9 nitrogen and oxygen atoms in total. The van der Waals surface area contributed by atoms with Crippen LogP contribution in [0.3, 0.4) is 0 Å². The lowest BCUT2D eigenvalue weighted by molar-refractivity contribution is -0.759. The minimum Gasteiger partial charge on any atom is -0.394 e. The molecule has 0 aliphatic carbocycles. The molecule has 0 heterocycles. The summed E-state index contributed by atoms with van der Waals surface area (Å²) in [6.45, 7) is -1.66. The second-order valence-corrected chi connectivity index (χ2v) is 2.82. The molecule has 0 aromatic rings. The Balaban J connectivity index is 4.06. The lowest BCUT2D eigenvalue weighted by atomic mass is 10.0. The van der Waals surface area contributed by atoms with E-state index >= 15 is 0 Å². The van der Waals surface area contributed by atoms with Crippen LogP contribution < -0.4 is 0 Å². The number of hydrogen-bond acceptors (Lipinski definition) is 8. The predicted octanol–water partition coefficient (Wildman–Crippen LogP) is -3.37. The van der Waals surface area contributed by atoms with Crippen LogP contribution in [0.5, 0.6) is 0 Å². The highest BCUT2D eigenvalue weighted by Gasteiger charge is 2.30. The van der Waals surface area contributed by atoms with Crippen molar-refractivity contribution in [3.8, 4) is 0 Å². The van der Waals surface area contributed by atoms with Crippen LogP contribution >= 0.6 is 0 Å². The van der Waals surface area contributed by atoms with Gasteiger partial charge < -0.3 is 30.4 Å². The maximum atomic E-state index is 9.72. The van der Waals surface area contributed by atoms with Crippen LogP contribution in [-0.4, -0.2) is 68.2 Å². The quantitative estimate of drug-likeness (QED) is 0.223. The molecule has 9 heteroatoms. The molecule has 0 aliphatic heterocycles. The highest BCUT2D eigenvalue weighted by atomic mass is 17.0. The average Bonchev–Trinajstić information content (AvgIpc) is 2.22. The summed E-state index contributed by atoms with van der Waals surface area (Å²) < 4.78 is 0. The molecule has 5 N–H and O–H groups in total. The molecule has 4 atom stereocenters. The molecule has 0 radical (unpaired) electrons. The number of aliphatic hydroxyl groups excluding tert-OH is 5. The van der Waals surface area contributed by atoms with Crippen molar-refractivity contribution in [2.24, 2.45) is 0 Å². The van der Waals surface area contributed by atoms with Crippen LogP contribution in [0.1, 0.15) is 0 Å². The van der Waals surface area contributed by atoms with Crippen LogP contribution in [0, 0.1) is 10.1 Å². The largest absolute Gasteiger partial charge is 0.394 e. The Morgan fingerprint density at radius 1 is 1.13 bits per heavy atom. The first kappa shape index (κ1) is 14.0. The summed E-state index contributed by atoms with van der Waals surface area (Å²) in [5.41, 5.74) is 0. The van der Waals surface area contributed by atoms with E-state index in [1.165, 1.54) is 0 Å². The second-order valence-electron chi connectivity index (χ2n) is 2.82. The van der Waals surface area contributed by atoms with Crippen molar-refractivity contribution in [3.63, 3.8) is 0 Å². The normalized spacial score (nSPS) is 19.0. The first-order valence-corrected chi connectivity index (χ1v) is 4.00. The van der Waals surface area contributed by atoms with Crippen LogP contribution in [0.25, 0.3) is 0 Å². The van der Waals surface area contributed by atoms with Gasteiger partial charge in [-0.05, 0) is 0 Å². The topological polar surface area (TPSA) is 154 Å². The van der Waals surface area contributed by atoms with Gasteiger partial charge in [0, 0.05) is 0 Å². The van der Waals surface area contributed by atoms with E-state index in [-0.39, 0.29) is 0 Å². The van der Waals surface area contributed by atoms with Crippen LogP contribution in [0.4, 0.5) is 0 Å². The van der Waals surface area contributed by atoms with Crippen molar-refractivity contribution in [1.29, 1.82) is 0 Å². The molecule has 0 bridgehead atoms. The van der Waals surface area contributed by atoms with Crippen LogP contribution in [-0.2, 0) is 4.84 Å². The monoisotopic (exact) mass is 227 g/mol. The molecule has 90 valence electrons. The SMILES string of the molecule is O=[N+]([O-])OCC(O)C(O)C(O)C(O)CO. The summed E-state index contributed by atoms with van der Waals surface area (Å²) >= 11 is 0. The molecule has 4 unspecified atom stereocenters. The fourth-order valence-electron chi connectivity index (χ4n) is 0.799.